The van der Waals surface area contributed by atoms with Crippen LogP contribution in [-0.2, 0) is 12.7 Å². The van der Waals surface area contributed by atoms with Crippen LogP contribution in [0.4, 0.5) is 13.2 Å². The van der Waals surface area contributed by atoms with E-state index >= 15 is 0 Å². The summed E-state index contributed by atoms with van der Waals surface area (Å²) in [7, 11) is 0. The van der Waals surface area contributed by atoms with Gasteiger partial charge in [-0.25, -0.2) is 0 Å². The molecule has 0 saturated carbocycles. The Morgan fingerprint density at radius 2 is 2.10 bits per heavy atom. The molecule has 160 valence electrons. The van der Waals surface area contributed by atoms with E-state index in [9.17, 15) is 18.3 Å². The van der Waals surface area contributed by atoms with Crippen LogP contribution in [0.2, 0.25) is 0 Å². The number of hydrogen-bond acceptors (Lipinski definition) is 5. The second-order valence-electron chi connectivity index (χ2n) is 7.60. The van der Waals surface area contributed by atoms with E-state index in [1.54, 1.807) is 6.20 Å². The normalized spacial score (nSPS) is 18.2. The lowest BCUT2D eigenvalue weighted by molar-refractivity contribution is -0.137. The zero-order valence-corrected chi connectivity index (χ0v) is 16.6. The van der Waals surface area contributed by atoms with Gasteiger partial charge in [0.1, 0.15) is 11.4 Å². The number of nitrogens with zero attached hydrogens (tertiary/aromatic N) is 3. The molecule has 3 heterocycles. The summed E-state index contributed by atoms with van der Waals surface area (Å²) < 4.78 is 38.7. The molecule has 0 bridgehead atoms. The standard InChI is InChI=1S/C21H24F3N5O/c1-2-29-9-3-4-14(12-29)26-11-17-15-7-8-25-19(15)20(28-27-17)16-6-5-13(10-18(16)30)21(22,23)24/h5-8,10,14,25-26,30H,2-4,9,11-12H2,1H3/t14-/m0/s1. The highest BCUT2D eigenvalue weighted by molar-refractivity contribution is 5.94. The molecule has 4 rings (SSSR count). The number of nitrogens with one attached hydrogen (secondary N) is 2. The van der Waals surface area contributed by atoms with E-state index in [1.807, 2.05) is 6.07 Å². The van der Waals surface area contributed by atoms with Gasteiger partial charge in [-0.1, -0.05) is 6.92 Å². The van der Waals surface area contributed by atoms with Gasteiger partial charge in [0.2, 0.25) is 0 Å². The average molecular weight is 419 g/mol. The molecule has 0 unspecified atom stereocenters. The van der Waals surface area contributed by atoms with Crippen molar-refractivity contribution in [2.45, 2.75) is 38.5 Å². The van der Waals surface area contributed by atoms with Crippen LogP contribution in [-0.4, -0.2) is 50.9 Å². The number of likely N-dealkylation sites (N-methyl/N-ethyl adjacent to an activating group) is 1. The number of aromatic hydroxyl groups is 1. The summed E-state index contributed by atoms with van der Waals surface area (Å²) in [5.41, 5.74) is 1.01. The Balaban J connectivity index is 1.59. The van der Waals surface area contributed by atoms with Gasteiger partial charge >= 0.3 is 6.18 Å². The van der Waals surface area contributed by atoms with E-state index in [0.717, 1.165) is 49.6 Å². The summed E-state index contributed by atoms with van der Waals surface area (Å²) in [6, 6.07) is 5.12. The summed E-state index contributed by atoms with van der Waals surface area (Å²) >= 11 is 0. The topological polar surface area (TPSA) is 77.1 Å². The number of piperidine rings is 1. The van der Waals surface area contributed by atoms with Crippen LogP contribution in [0.1, 0.15) is 31.0 Å². The van der Waals surface area contributed by atoms with E-state index < -0.39 is 17.5 Å². The molecule has 3 N–H and O–H groups in total. The molecule has 0 amide bonds. The van der Waals surface area contributed by atoms with E-state index in [-0.39, 0.29) is 5.56 Å². The van der Waals surface area contributed by atoms with Crippen LogP contribution >= 0.6 is 0 Å². The number of phenols is 1. The third kappa shape index (κ3) is 4.13. The van der Waals surface area contributed by atoms with Crippen molar-refractivity contribution in [2.24, 2.45) is 0 Å². The number of H-pyrrole nitrogens is 1. The van der Waals surface area contributed by atoms with Gasteiger partial charge in [-0.05, 0) is 50.2 Å². The first kappa shape index (κ1) is 20.6. The van der Waals surface area contributed by atoms with Gasteiger partial charge < -0.3 is 20.3 Å². The third-order valence-electron chi connectivity index (χ3n) is 5.66. The zero-order valence-electron chi connectivity index (χ0n) is 16.6. The summed E-state index contributed by atoms with van der Waals surface area (Å²) in [6.07, 6.45) is -0.520. The van der Waals surface area contributed by atoms with Crippen LogP contribution in [0.25, 0.3) is 22.2 Å². The summed E-state index contributed by atoms with van der Waals surface area (Å²) in [5.74, 6) is -0.484. The quantitative estimate of drug-likeness (QED) is 0.584. The molecule has 1 aromatic carbocycles. The Labute approximate surface area is 172 Å². The lowest BCUT2D eigenvalue weighted by Gasteiger charge is -2.32. The lowest BCUT2D eigenvalue weighted by Crippen LogP contribution is -2.45. The lowest BCUT2D eigenvalue weighted by atomic mass is 10.0. The van der Waals surface area contributed by atoms with Crippen molar-refractivity contribution in [3.63, 3.8) is 0 Å². The van der Waals surface area contributed by atoms with Crippen molar-refractivity contribution < 1.29 is 18.3 Å². The van der Waals surface area contributed by atoms with Crippen LogP contribution in [0.5, 0.6) is 5.75 Å². The number of rotatable bonds is 5. The number of fused-ring (bicyclic) bond motifs is 1. The predicted molar refractivity (Wildman–Crippen MR) is 108 cm³/mol. The molecule has 0 aliphatic carbocycles. The van der Waals surface area contributed by atoms with Crippen molar-refractivity contribution in [1.29, 1.82) is 0 Å². The van der Waals surface area contributed by atoms with E-state index in [4.69, 9.17) is 0 Å². The van der Waals surface area contributed by atoms with Gasteiger partial charge in [0.15, 0.2) is 0 Å². The molecular formula is C21H24F3N5O. The summed E-state index contributed by atoms with van der Waals surface area (Å²) in [4.78, 5) is 5.49. The maximum Gasteiger partial charge on any atom is 0.416 e. The maximum absolute atomic E-state index is 12.9. The van der Waals surface area contributed by atoms with Crippen molar-refractivity contribution in [1.82, 2.24) is 25.4 Å². The summed E-state index contributed by atoms with van der Waals surface area (Å²) in [5, 5.41) is 23.1. The first-order valence-electron chi connectivity index (χ1n) is 10.1. The number of aromatic nitrogens is 3. The molecule has 2 aromatic heterocycles. The smallest absolute Gasteiger partial charge is 0.416 e. The molecule has 0 radical (unpaired) electrons. The monoisotopic (exact) mass is 419 g/mol. The molecule has 6 nitrogen and oxygen atoms in total. The highest BCUT2D eigenvalue weighted by Gasteiger charge is 2.31. The van der Waals surface area contributed by atoms with Gasteiger partial charge in [-0.15, -0.1) is 5.10 Å². The SMILES string of the molecule is CCN1CCC[C@H](NCc2nnc(-c3ccc(C(F)(F)F)cc3O)c3[nH]ccc23)C1. The minimum atomic E-state index is -4.52. The number of hydrogen-bond donors (Lipinski definition) is 3. The van der Waals surface area contributed by atoms with Gasteiger partial charge in [0, 0.05) is 36.3 Å². The van der Waals surface area contributed by atoms with Crippen LogP contribution in [0, 0.1) is 0 Å². The Kier molecular flexibility index (Phi) is 5.66. The number of alkyl halides is 3. The fourth-order valence-corrected chi connectivity index (χ4v) is 4.00. The van der Waals surface area contributed by atoms with Gasteiger partial charge in [-0.2, -0.15) is 18.3 Å². The second-order valence-corrected chi connectivity index (χ2v) is 7.60. The Bertz CT molecular complexity index is 1030. The van der Waals surface area contributed by atoms with Gasteiger partial charge in [0.05, 0.1) is 16.8 Å². The molecule has 1 aliphatic rings. The Hall–Kier alpha value is -2.65. The van der Waals surface area contributed by atoms with Gasteiger partial charge in [-0.3, -0.25) is 0 Å². The number of halogens is 3. The molecule has 9 heteroatoms. The fourth-order valence-electron chi connectivity index (χ4n) is 4.00. The molecule has 0 spiro atoms. The minimum absolute atomic E-state index is 0.202. The molecule has 1 atom stereocenters. The van der Waals surface area contributed by atoms with Crippen molar-refractivity contribution in [2.75, 3.05) is 19.6 Å². The molecule has 1 aliphatic heterocycles. The maximum atomic E-state index is 12.9. The molecular weight excluding hydrogens is 395 g/mol. The second kappa shape index (κ2) is 8.23. The fraction of sp³-hybridized carbons (Fsp3) is 0.429. The Morgan fingerprint density at radius 1 is 1.27 bits per heavy atom. The van der Waals surface area contributed by atoms with E-state index in [0.29, 0.717) is 29.9 Å². The molecule has 3 aromatic rings. The number of phenolic OH excluding ortho intramolecular Hbond substituents is 1. The van der Waals surface area contributed by atoms with E-state index in [1.165, 1.54) is 6.07 Å². The number of benzene rings is 1. The highest BCUT2D eigenvalue weighted by Crippen LogP contribution is 2.37. The summed E-state index contributed by atoms with van der Waals surface area (Å²) in [6.45, 7) is 5.86. The molecule has 30 heavy (non-hydrogen) atoms. The minimum Gasteiger partial charge on any atom is -0.507 e. The zero-order chi connectivity index (χ0) is 21.3. The number of likely N-dealkylation sites (tertiary alicyclic amines) is 1. The first-order valence-corrected chi connectivity index (χ1v) is 10.1. The third-order valence-corrected chi connectivity index (χ3v) is 5.66. The average Bonchev–Trinajstić information content (AvgIpc) is 3.22. The predicted octanol–water partition coefficient (Wildman–Crippen LogP) is 3.92. The largest absolute Gasteiger partial charge is 0.507 e. The van der Waals surface area contributed by atoms with Crippen LogP contribution in [0.3, 0.4) is 0 Å². The van der Waals surface area contributed by atoms with E-state index in [2.05, 4.69) is 32.3 Å². The Morgan fingerprint density at radius 3 is 2.83 bits per heavy atom. The number of aromatic amines is 1. The molecule has 1 saturated heterocycles. The molecule has 1 fully saturated rings. The van der Waals surface area contributed by atoms with Crippen LogP contribution in [0.15, 0.2) is 30.5 Å². The highest BCUT2D eigenvalue weighted by atomic mass is 19.4. The van der Waals surface area contributed by atoms with Crippen molar-refractivity contribution >= 4 is 10.9 Å². The van der Waals surface area contributed by atoms with Gasteiger partial charge in [0.25, 0.3) is 0 Å². The van der Waals surface area contributed by atoms with Crippen molar-refractivity contribution in [3.05, 3.63) is 41.7 Å². The van der Waals surface area contributed by atoms with Crippen LogP contribution < -0.4 is 5.32 Å². The first-order chi connectivity index (χ1) is 14.4. The van der Waals surface area contributed by atoms with Crippen molar-refractivity contribution in [3.8, 4) is 17.0 Å².